The number of nitrogens with zero attached hydrogens (tertiary/aromatic N) is 1. The van der Waals surface area contributed by atoms with Crippen molar-refractivity contribution in [1.82, 2.24) is 0 Å². The lowest BCUT2D eigenvalue weighted by Crippen LogP contribution is -2.05. The fourth-order valence-corrected chi connectivity index (χ4v) is 1.27. The minimum Gasteiger partial charge on any atom is -0.411 e. The van der Waals surface area contributed by atoms with E-state index >= 15 is 0 Å². The van der Waals surface area contributed by atoms with Gasteiger partial charge in [-0.2, -0.15) is 0 Å². The summed E-state index contributed by atoms with van der Waals surface area (Å²) in [6.07, 6.45) is 0.285. The number of hydrogen-bond donors (Lipinski definition) is 1. The summed E-state index contributed by atoms with van der Waals surface area (Å²) >= 11 is 1.13. The minimum absolute atomic E-state index is 0.285. The van der Waals surface area contributed by atoms with Crippen LogP contribution < -0.4 is 0 Å². The summed E-state index contributed by atoms with van der Waals surface area (Å²) in [5.41, 5.74) is -1.05. The molecule has 0 saturated heterocycles. The van der Waals surface area contributed by atoms with Crippen molar-refractivity contribution in [2.24, 2.45) is 5.16 Å². The lowest BCUT2D eigenvalue weighted by Gasteiger charge is -2.03. The summed E-state index contributed by atoms with van der Waals surface area (Å²) in [5, 5.41) is 10.3. The van der Waals surface area contributed by atoms with Crippen molar-refractivity contribution < 1.29 is 22.8 Å². The summed E-state index contributed by atoms with van der Waals surface area (Å²) in [6.45, 7) is 0. The Morgan fingerprint density at radius 1 is 1.00 bits per heavy atom. The average molecular weight is 319 g/mol. The quantitative estimate of drug-likeness (QED) is 0.161. The molecule has 1 N–H and O–H groups in total. The van der Waals surface area contributed by atoms with Gasteiger partial charge in [-0.1, -0.05) is 5.16 Å². The first-order valence-corrected chi connectivity index (χ1v) is 4.27. The highest BCUT2D eigenvalue weighted by Crippen LogP contribution is 2.24. The van der Waals surface area contributed by atoms with Crippen LogP contribution in [-0.2, 0) is 0 Å². The van der Waals surface area contributed by atoms with Crippen LogP contribution in [0.15, 0.2) is 5.16 Å². The van der Waals surface area contributed by atoms with Crippen molar-refractivity contribution in [2.75, 3.05) is 0 Å². The molecule has 0 radical (unpaired) electrons. The molecule has 0 fully saturated rings. The van der Waals surface area contributed by atoms with E-state index in [4.69, 9.17) is 5.21 Å². The van der Waals surface area contributed by atoms with E-state index in [1.54, 1.807) is 0 Å². The summed E-state index contributed by atoms with van der Waals surface area (Å²) in [4.78, 5) is 0. The van der Waals surface area contributed by atoms with Crippen molar-refractivity contribution in [3.05, 3.63) is 32.4 Å². The lowest BCUT2D eigenvalue weighted by molar-refractivity contribution is 0.321. The molecule has 0 aromatic heterocycles. The third kappa shape index (κ3) is 1.68. The Morgan fingerprint density at radius 3 is 1.79 bits per heavy atom. The highest BCUT2D eigenvalue weighted by atomic mass is 127. The molecule has 0 saturated carbocycles. The molecular formula is C7H2F4INO. The Labute approximate surface area is 89.4 Å². The summed E-state index contributed by atoms with van der Waals surface area (Å²) < 4.78 is 50.7. The van der Waals surface area contributed by atoms with Crippen LogP contribution in [-0.4, -0.2) is 11.4 Å². The fourth-order valence-electron chi connectivity index (χ4n) is 0.793. The van der Waals surface area contributed by atoms with Crippen molar-refractivity contribution >= 4 is 28.8 Å². The second kappa shape index (κ2) is 4.11. The molecule has 0 spiro atoms. The van der Waals surface area contributed by atoms with Crippen LogP contribution in [0, 0.1) is 26.8 Å². The molecule has 14 heavy (non-hydrogen) atoms. The zero-order valence-corrected chi connectivity index (χ0v) is 8.52. The van der Waals surface area contributed by atoms with E-state index in [1.807, 2.05) is 0 Å². The molecule has 0 heterocycles. The third-order valence-corrected chi connectivity index (χ3v) is 2.38. The van der Waals surface area contributed by atoms with Gasteiger partial charge in [0.25, 0.3) is 0 Å². The van der Waals surface area contributed by atoms with Gasteiger partial charge in [0.2, 0.25) is 0 Å². The van der Waals surface area contributed by atoms with Gasteiger partial charge in [-0.15, -0.1) is 0 Å². The number of benzene rings is 1. The maximum absolute atomic E-state index is 12.9. The van der Waals surface area contributed by atoms with Crippen LogP contribution in [0.4, 0.5) is 17.6 Å². The van der Waals surface area contributed by atoms with Crippen LogP contribution in [0.1, 0.15) is 5.56 Å². The molecule has 0 aliphatic heterocycles. The minimum atomic E-state index is -1.59. The molecule has 0 aliphatic rings. The molecule has 0 amide bonds. The van der Waals surface area contributed by atoms with Crippen LogP contribution in [0.2, 0.25) is 0 Å². The van der Waals surface area contributed by atoms with Crippen LogP contribution >= 0.6 is 22.6 Å². The van der Waals surface area contributed by atoms with Crippen molar-refractivity contribution in [3.8, 4) is 0 Å². The van der Waals surface area contributed by atoms with Crippen LogP contribution in [0.3, 0.4) is 0 Å². The van der Waals surface area contributed by atoms with Crippen LogP contribution in [0.25, 0.3) is 0 Å². The molecule has 0 bridgehead atoms. The lowest BCUT2D eigenvalue weighted by atomic mass is 10.2. The molecule has 76 valence electrons. The second-order valence-electron chi connectivity index (χ2n) is 2.23. The first-order valence-electron chi connectivity index (χ1n) is 3.19. The molecule has 2 nitrogen and oxygen atoms in total. The Kier molecular flexibility index (Phi) is 3.29. The Morgan fingerprint density at radius 2 is 1.43 bits per heavy atom. The van der Waals surface area contributed by atoms with Gasteiger partial charge in [0.1, 0.15) is 0 Å². The maximum atomic E-state index is 12.9. The molecule has 1 aromatic rings. The SMILES string of the molecule is O/N=C/c1c(F)c(F)c(I)c(F)c1F. The fraction of sp³-hybridized carbons (Fsp3) is 0. The Hall–Kier alpha value is -0.860. The molecule has 0 aliphatic carbocycles. The normalized spacial score (nSPS) is 11.2. The summed E-state index contributed by atoms with van der Waals surface area (Å²) in [7, 11) is 0. The number of halogens is 5. The van der Waals surface area contributed by atoms with Crippen molar-refractivity contribution in [2.45, 2.75) is 0 Å². The van der Waals surface area contributed by atoms with Gasteiger partial charge in [0.15, 0.2) is 23.3 Å². The van der Waals surface area contributed by atoms with E-state index in [0.717, 1.165) is 22.6 Å². The van der Waals surface area contributed by atoms with Gasteiger partial charge in [-0.05, 0) is 22.6 Å². The van der Waals surface area contributed by atoms with E-state index < -0.39 is 32.4 Å². The zero-order chi connectivity index (χ0) is 10.9. The highest BCUT2D eigenvalue weighted by molar-refractivity contribution is 14.1. The predicted molar refractivity (Wildman–Crippen MR) is 48.4 cm³/mol. The predicted octanol–water partition coefficient (Wildman–Crippen LogP) is 2.66. The molecule has 0 atom stereocenters. The zero-order valence-electron chi connectivity index (χ0n) is 6.36. The number of hydrogen-bond acceptors (Lipinski definition) is 2. The van der Waals surface area contributed by atoms with Gasteiger partial charge in [-0.3, -0.25) is 0 Å². The Bertz CT molecular complexity index is 378. The monoisotopic (exact) mass is 319 g/mol. The highest BCUT2D eigenvalue weighted by Gasteiger charge is 2.22. The number of rotatable bonds is 1. The number of oxime groups is 1. The van der Waals surface area contributed by atoms with Crippen molar-refractivity contribution in [1.29, 1.82) is 0 Å². The first kappa shape index (κ1) is 11.2. The van der Waals surface area contributed by atoms with E-state index in [2.05, 4.69) is 5.16 Å². The largest absolute Gasteiger partial charge is 0.411 e. The third-order valence-electron chi connectivity index (χ3n) is 1.43. The van der Waals surface area contributed by atoms with E-state index in [9.17, 15) is 17.6 Å². The van der Waals surface area contributed by atoms with E-state index in [1.165, 1.54) is 0 Å². The second-order valence-corrected chi connectivity index (χ2v) is 3.31. The van der Waals surface area contributed by atoms with Gasteiger partial charge in [0.05, 0.1) is 15.3 Å². The van der Waals surface area contributed by atoms with Gasteiger partial charge >= 0.3 is 0 Å². The first-order chi connectivity index (χ1) is 6.50. The summed E-state index contributed by atoms with van der Waals surface area (Å²) in [5.74, 6) is -6.21. The van der Waals surface area contributed by atoms with E-state index in [0.29, 0.717) is 0 Å². The van der Waals surface area contributed by atoms with E-state index in [-0.39, 0.29) is 6.21 Å². The molecule has 1 rings (SSSR count). The molecule has 7 heteroatoms. The van der Waals surface area contributed by atoms with Crippen LogP contribution in [0.5, 0.6) is 0 Å². The smallest absolute Gasteiger partial charge is 0.175 e. The Balaban J connectivity index is 3.59. The molecular weight excluding hydrogens is 317 g/mol. The van der Waals surface area contributed by atoms with Gasteiger partial charge in [-0.25, -0.2) is 17.6 Å². The molecule has 1 aromatic carbocycles. The topological polar surface area (TPSA) is 32.6 Å². The average Bonchev–Trinajstić information content (AvgIpc) is 2.19. The van der Waals surface area contributed by atoms with Gasteiger partial charge in [0, 0.05) is 0 Å². The molecule has 0 unspecified atom stereocenters. The maximum Gasteiger partial charge on any atom is 0.175 e. The van der Waals surface area contributed by atoms with Gasteiger partial charge < -0.3 is 5.21 Å². The van der Waals surface area contributed by atoms with Crippen molar-refractivity contribution in [3.63, 3.8) is 0 Å². The summed E-state index contributed by atoms with van der Waals surface area (Å²) in [6, 6.07) is 0. The standard InChI is InChI=1S/C7H2F4INO/c8-3-2(1-13-14)4(9)6(11)7(12)5(3)10/h1,14H/b13-1+.